The van der Waals surface area contributed by atoms with E-state index in [0.717, 1.165) is 18.7 Å². The lowest BCUT2D eigenvalue weighted by molar-refractivity contribution is -0.136. The van der Waals surface area contributed by atoms with E-state index in [2.05, 4.69) is 30.9 Å². The monoisotopic (exact) mass is 277 g/mol. The van der Waals surface area contributed by atoms with Crippen LogP contribution < -0.4 is 4.90 Å². The van der Waals surface area contributed by atoms with E-state index in [9.17, 15) is 4.79 Å². The highest BCUT2D eigenvalue weighted by Crippen LogP contribution is 2.20. The summed E-state index contributed by atoms with van der Waals surface area (Å²) in [6.07, 6.45) is 5.04. The first-order valence-corrected chi connectivity index (χ1v) is 7.69. The molecule has 0 saturated carbocycles. The molecule has 0 heterocycles. The predicted octanol–water partition coefficient (Wildman–Crippen LogP) is 4.18. The first-order valence-electron chi connectivity index (χ1n) is 7.69. The van der Waals surface area contributed by atoms with Gasteiger partial charge in [-0.3, -0.25) is 4.79 Å². The van der Waals surface area contributed by atoms with Gasteiger partial charge in [0.2, 0.25) is 0 Å². The summed E-state index contributed by atoms with van der Waals surface area (Å²) in [7, 11) is 0. The normalized spacial score (nSPS) is 12.1. The van der Waals surface area contributed by atoms with Crippen LogP contribution in [0, 0.1) is 5.92 Å². The molecular formula is C17H27NO2. The summed E-state index contributed by atoms with van der Waals surface area (Å²) in [5.41, 5.74) is 1.13. The number of carbonyl (C=O) groups is 1. The van der Waals surface area contributed by atoms with Crippen LogP contribution in [-0.4, -0.2) is 24.2 Å². The predicted molar refractivity (Wildman–Crippen MR) is 84.2 cm³/mol. The standard InChI is InChI=1S/C17H27NO2/c1-3-5-9-15(4-2)14-18(13-12-17(19)20)16-10-7-6-8-11-16/h6-8,10-11,15H,3-5,9,12-14H2,1-2H3,(H,19,20). The van der Waals surface area contributed by atoms with Crippen molar-refractivity contribution in [3.05, 3.63) is 30.3 Å². The molecular weight excluding hydrogens is 250 g/mol. The average Bonchev–Trinajstić information content (AvgIpc) is 2.47. The van der Waals surface area contributed by atoms with E-state index in [1.54, 1.807) is 0 Å². The molecule has 1 aromatic carbocycles. The van der Waals surface area contributed by atoms with Gasteiger partial charge in [0.1, 0.15) is 0 Å². The Kier molecular flexibility index (Phi) is 7.78. The lowest BCUT2D eigenvalue weighted by atomic mass is 9.98. The minimum Gasteiger partial charge on any atom is -0.481 e. The van der Waals surface area contributed by atoms with Gasteiger partial charge in [-0.2, -0.15) is 0 Å². The van der Waals surface area contributed by atoms with Crippen LogP contribution in [-0.2, 0) is 4.79 Å². The van der Waals surface area contributed by atoms with Crippen molar-refractivity contribution in [2.75, 3.05) is 18.0 Å². The molecule has 0 amide bonds. The van der Waals surface area contributed by atoms with Gasteiger partial charge in [-0.25, -0.2) is 0 Å². The molecule has 0 aliphatic heterocycles. The number of benzene rings is 1. The van der Waals surface area contributed by atoms with Gasteiger partial charge in [-0.1, -0.05) is 51.3 Å². The van der Waals surface area contributed by atoms with E-state index in [-0.39, 0.29) is 6.42 Å². The molecule has 0 radical (unpaired) electrons. The number of carboxylic acid groups (broad SMARTS) is 1. The van der Waals surface area contributed by atoms with Crippen molar-refractivity contribution in [2.24, 2.45) is 5.92 Å². The van der Waals surface area contributed by atoms with Crippen LogP contribution in [0.25, 0.3) is 0 Å². The molecule has 3 heteroatoms. The Bertz CT molecular complexity index is 378. The van der Waals surface area contributed by atoms with E-state index in [1.165, 1.54) is 19.3 Å². The summed E-state index contributed by atoms with van der Waals surface area (Å²) in [4.78, 5) is 13.1. The van der Waals surface area contributed by atoms with Crippen LogP contribution in [0.5, 0.6) is 0 Å². The third kappa shape index (κ3) is 6.09. The first kappa shape index (κ1) is 16.5. The number of rotatable bonds is 10. The number of carboxylic acids is 1. The van der Waals surface area contributed by atoms with Crippen molar-refractivity contribution >= 4 is 11.7 Å². The third-order valence-electron chi connectivity index (χ3n) is 3.74. The van der Waals surface area contributed by atoms with Crippen LogP contribution in [0.3, 0.4) is 0 Å². The molecule has 0 aliphatic carbocycles. The van der Waals surface area contributed by atoms with Gasteiger partial charge in [0.15, 0.2) is 0 Å². The highest BCUT2D eigenvalue weighted by atomic mass is 16.4. The largest absolute Gasteiger partial charge is 0.481 e. The van der Waals surface area contributed by atoms with Crippen molar-refractivity contribution in [1.29, 1.82) is 0 Å². The number of aliphatic carboxylic acids is 1. The van der Waals surface area contributed by atoms with Crippen molar-refractivity contribution in [2.45, 2.75) is 46.0 Å². The molecule has 0 aromatic heterocycles. The zero-order valence-electron chi connectivity index (χ0n) is 12.7. The van der Waals surface area contributed by atoms with Crippen LogP contribution >= 0.6 is 0 Å². The second-order valence-electron chi connectivity index (χ2n) is 5.34. The Balaban J connectivity index is 2.68. The Morgan fingerprint density at radius 3 is 2.50 bits per heavy atom. The molecule has 0 spiro atoms. The SMILES string of the molecule is CCCCC(CC)CN(CCC(=O)O)c1ccccc1. The fraction of sp³-hybridized carbons (Fsp3) is 0.588. The van der Waals surface area contributed by atoms with Gasteiger partial charge >= 0.3 is 5.97 Å². The van der Waals surface area contributed by atoms with Crippen molar-refractivity contribution in [1.82, 2.24) is 0 Å². The molecule has 112 valence electrons. The second-order valence-corrected chi connectivity index (χ2v) is 5.34. The summed E-state index contributed by atoms with van der Waals surface area (Å²) < 4.78 is 0. The van der Waals surface area contributed by atoms with Gasteiger partial charge in [0, 0.05) is 18.8 Å². The molecule has 1 aromatic rings. The summed E-state index contributed by atoms with van der Waals surface area (Å²) >= 11 is 0. The van der Waals surface area contributed by atoms with Crippen molar-refractivity contribution in [3.63, 3.8) is 0 Å². The number of hydrogen-bond donors (Lipinski definition) is 1. The molecule has 0 saturated heterocycles. The zero-order valence-corrected chi connectivity index (χ0v) is 12.7. The maximum Gasteiger partial charge on any atom is 0.305 e. The number of nitrogens with zero attached hydrogens (tertiary/aromatic N) is 1. The van der Waals surface area contributed by atoms with E-state index in [1.807, 2.05) is 18.2 Å². The van der Waals surface area contributed by atoms with Gasteiger partial charge < -0.3 is 10.0 Å². The highest BCUT2D eigenvalue weighted by molar-refractivity contribution is 5.67. The topological polar surface area (TPSA) is 40.5 Å². The van der Waals surface area contributed by atoms with Crippen LogP contribution in [0.2, 0.25) is 0 Å². The molecule has 0 fully saturated rings. The molecule has 0 bridgehead atoms. The number of hydrogen-bond acceptors (Lipinski definition) is 2. The smallest absolute Gasteiger partial charge is 0.305 e. The number of anilines is 1. The van der Waals surface area contributed by atoms with Gasteiger partial charge in [0.25, 0.3) is 0 Å². The fourth-order valence-electron chi connectivity index (χ4n) is 2.42. The second kappa shape index (κ2) is 9.40. The van der Waals surface area contributed by atoms with E-state index in [4.69, 9.17) is 5.11 Å². The Labute approximate surface area is 122 Å². The zero-order chi connectivity index (χ0) is 14.8. The van der Waals surface area contributed by atoms with Gasteiger partial charge in [-0.05, 0) is 24.5 Å². The quantitative estimate of drug-likeness (QED) is 0.697. The molecule has 1 rings (SSSR count). The molecule has 1 N–H and O–H groups in total. The van der Waals surface area contributed by atoms with E-state index < -0.39 is 5.97 Å². The molecule has 0 aliphatic rings. The maximum absolute atomic E-state index is 10.8. The molecule has 20 heavy (non-hydrogen) atoms. The fourth-order valence-corrected chi connectivity index (χ4v) is 2.42. The summed E-state index contributed by atoms with van der Waals surface area (Å²) in [5.74, 6) is -0.0866. The van der Waals surface area contributed by atoms with Crippen molar-refractivity contribution in [3.8, 4) is 0 Å². The lowest BCUT2D eigenvalue weighted by Gasteiger charge is -2.28. The number of unbranched alkanes of at least 4 members (excludes halogenated alkanes) is 1. The Morgan fingerprint density at radius 1 is 1.25 bits per heavy atom. The molecule has 1 atom stereocenters. The van der Waals surface area contributed by atoms with Crippen LogP contribution in [0.4, 0.5) is 5.69 Å². The van der Waals surface area contributed by atoms with Crippen LogP contribution in [0.1, 0.15) is 46.0 Å². The minimum atomic E-state index is -0.729. The van der Waals surface area contributed by atoms with Crippen molar-refractivity contribution < 1.29 is 9.90 Å². The summed E-state index contributed by atoms with van der Waals surface area (Å²) in [5, 5.41) is 8.92. The molecule has 3 nitrogen and oxygen atoms in total. The summed E-state index contributed by atoms with van der Waals surface area (Å²) in [6.45, 7) is 5.97. The third-order valence-corrected chi connectivity index (χ3v) is 3.74. The Morgan fingerprint density at radius 2 is 1.95 bits per heavy atom. The van der Waals surface area contributed by atoms with E-state index >= 15 is 0 Å². The maximum atomic E-state index is 10.8. The average molecular weight is 277 g/mol. The van der Waals surface area contributed by atoms with Gasteiger partial charge in [0.05, 0.1) is 6.42 Å². The van der Waals surface area contributed by atoms with Gasteiger partial charge in [-0.15, -0.1) is 0 Å². The highest BCUT2D eigenvalue weighted by Gasteiger charge is 2.14. The first-order chi connectivity index (χ1) is 9.67. The lowest BCUT2D eigenvalue weighted by Crippen LogP contribution is -2.31. The molecule has 1 unspecified atom stereocenters. The summed E-state index contributed by atoms with van der Waals surface area (Å²) in [6, 6.07) is 10.1. The Hall–Kier alpha value is -1.51. The van der Waals surface area contributed by atoms with Crippen LogP contribution in [0.15, 0.2) is 30.3 Å². The minimum absolute atomic E-state index is 0.194. The van der Waals surface area contributed by atoms with E-state index in [0.29, 0.717) is 12.5 Å². The number of para-hydroxylation sites is 1.